The molecule has 0 atom stereocenters. The van der Waals surface area contributed by atoms with Gasteiger partial charge >= 0.3 is 6.61 Å². The fraction of sp³-hybridized carbons (Fsp3) is 0.208. The molecule has 0 bridgehead atoms. The average molecular weight is 454 g/mol. The van der Waals surface area contributed by atoms with Crippen LogP contribution in [0, 0.1) is 16.7 Å². The van der Waals surface area contributed by atoms with E-state index in [0.717, 1.165) is 11.3 Å². The molecule has 0 unspecified atom stereocenters. The number of para-hydroxylation sites is 1. The first-order valence-electron chi connectivity index (χ1n) is 9.65. The number of alkyl halides is 2. The molecule has 0 aliphatic carbocycles. The van der Waals surface area contributed by atoms with E-state index < -0.39 is 17.6 Å². The number of carbonyl (C=O) groups excluding carboxylic acids is 1. The van der Waals surface area contributed by atoms with Gasteiger partial charge in [-0.3, -0.25) is 14.2 Å². The van der Waals surface area contributed by atoms with Gasteiger partial charge in [0, 0.05) is 5.41 Å². The minimum absolute atomic E-state index is 0.00147. The lowest BCUT2D eigenvalue weighted by Crippen LogP contribution is -2.33. The summed E-state index contributed by atoms with van der Waals surface area (Å²) in [5.74, 6) is -0.368. The molecule has 2 aromatic carbocycles. The van der Waals surface area contributed by atoms with E-state index in [2.05, 4.69) is 4.74 Å². The molecule has 0 aliphatic rings. The Bertz CT molecular complexity index is 1340. The third-order valence-electron chi connectivity index (χ3n) is 4.47. The molecule has 0 amide bonds. The van der Waals surface area contributed by atoms with Gasteiger partial charge in [-0.25, -0.2) is 0 Å². The summed E-state index contributed by atoms with van der Waals surface area (Å²) in [7, 11) is 0. The first-order chi connectivity index (χ1) is 15.1. The fourth-order valence-corrected chi connectivity index (χ4v) is 4.03. The molecule has 0 saturated carbocycles. The average Bonchev–Trinajstić information content (AvgIpc) is 3.05. The maximum absolute atomic E-state index is 13.3. The number of benzene rings is 2. The van der Waals surface area contributed by atoms with Gasteiger partial charge in [-0.2, -0.15) is 14.0 Å². The van der Waals surface area contributed by atoms with Crippen molar-refractivity contribution in [3.8, 4) is 17.5 Å². The minimum Gasteiger partial charge on any atom is -0.435 e. The van der Waals surface area contributed by atoms with Crippen LogP contribution in [0.4, 0.5) is 8.78 Å². The number of ether oxygens (including phenoxy) is 1. The molecule has 0 spiro atoms. The van der Waals surface area contributed by atoms with Crippen molar-refractivity contribution in [2.45, 2.75) is 27.4 Å². The first-order valence-corrected chi connectivity index (χ1v) is 10.5. The Kier molecular flexibility index (Phi) is 6.70. The van der Waals surface area contributed by atoms with E-state index in [1.807, 2.05) is 6.07 Å². The maximum Gasteiger partial charge on any atom is 0.387 e. The standard InChI is InChI=1S/C24H20F2N2O3S/c1-24(2,3)20(29)18(14-27)22-28(16-7-5-4-6-8-16)21(30)19(32-22)13-15-9-11-17(12-10-15)31-23(25)26/h4-13,23H,1-3H3/b19-13-,22-18-. The molecule has 164 valence electrons. The summed E-state index contributed by atoms with van der Waals surface area (Å²) in [5.41, 5.74) is -0.185. The van der Waals surface area contributed by atoms with Crippen molar-refractivity contribution in [1.29, 1.82) is 5.26 Å². The predicted molar refractivity (Wildman–Crippen MR) is 119 cm³/mol. The highest BCUT2D eigenvalue weighted by molar-refractivity contribution is 7.07. The second-order valence-corrected chi connectivity index (χ2v) is 8.94. The van der Waals surface area contributed by atoms with Crippen molar-refractivity contribution in [3.05, 3.63) is 79.7 Å². The van der Waals surface area contributed by atoms with Gasteiger partial charge in [0.15, 0.2) is 5.78 Å². The number of nitrogens with zero attached hydrogens (tertiary/aromatic N) is 2. The quantitative estimate of drug-likeness (QED) is 0.590. The Balaban J connectivity index is 2.28. The molecular weight excluding hydrogens is 434 g/mol. The molecule has 0 aliphatic heterocycles. The van der Waals surface area contributed by atoms with Crippen LogP contribution in [0.25, 0.3) is 17.3 Å². The number of carbonyl (C=O) groups is 1. The second kappa shape index (κ2) is 9.28. The van der Waals surface area contributed by atoms with Gasteiger partial charge in [-0.1, -0.05) is 51.1 Å². The zero-order valence-electron chi connectivity index (χ0n) is 17.6. The molecule has 0 N–H and O–H groups in total. The Hall–Kier alpha value is -3.57. The molecule has 0 radical (unpaired) electrons. The normalized spacial score (nSPS) is 13.1. The number of nitriles is 1. The lowest BCUT2D eigenvalue weighted by atomic mass is 9.87. The van der Waals surface area contributed by atoms with Crippen LogP contribution >= 0.6 is 11.3 Å². The summed E-state index contributed by atoms with van der Waals surface area (Å²) in [5, 5.41) is 9.77. The van der Waals surface area contributed by atoms with Gasteiger partial charge in [-0.15, -0.1) is 11.3 Å². The lowest BCUT2D eigenvalue weighted by molar-refractivity contribution is -0.120. The molecule has 8 heteroatoms. The highest BCUT2D eigenvalue weighted by Gasteiger charge is 2.27. The Morgan fingerprint density at radius 2 is 1.75 bits per heavy atom. The third kappa shape index (κ3) is 5.01. The Morgan fingerprint density at radius 1 is 1.12 bits per heavy atom. The number of Topliss-reactive ketones (excluding diaryl/α,β-unsaturated/α-hetero) is 1. The Morgan fingerprint density at radius 3 is 2.28 bits per heavy atom. The molecule has 3 rings (SSSR count). The summed E-state index contributed by atoms with van der Waals surface area (Å²) in [6, 6.07) is 16.6. The van der Waals surface area contributed by atoms with Crippen molar-refractivity contribution < 1.29 is 18.3 Å². The fourth-order valence-electron chi connectivity index (χ4n) is 2.93. The van der Waals surface area contributed by atoms with Crippen LogP contribution in [0.15, 0.2) is 59.4 Å². The van der Waals surface area contributed by atoms with E-state index >= 15 is 0 Å². The number of hydrogen-bond acceptors (Lipinski definition) is 5. The van der Waals surface area contributed by atoms with Gasteiger partial charge in [-0.05, 0) is 35.9 Å². The van der Waals surface area contributed by atoms with Gasteiger partial charge in [0.05, 0.1) is 10.2 Å². The van der Waals surface area contributed by atoms with Crippen LogP contribution < -0.4 is 19.5 Å². The summed E-state index contributed by atoms with van der Waals surface area (Å²) in [6.45, 7) is 2.20. The number of rotatable bonds is 5. The highest BCUT2D eigenvalue weighted by atomic mass is 32.1. The SMILES string of the molecule is CC(C)(C)C(=O)/C(C#N)=c1\s/c(=C\c2ccc(OC(F)F)cc2)c(=O)n1-c1ccccc1. The van der Waals surface area contributed by atoms with Gasteiger partial charge in [0.2, 0.25) is 0 Å². The molecule has 1 aromatic heterocycles. The summed E-state index contributed by atoms with van der Waals surface area (Å²) < 4.78 is 30.9. The molecular formula is C24H20F2N2O3S. The summed E-state index contributed by atoms with van der Waals surface area (Å²) in [4.78, 5) is 26.2. The highest BCUT2D eigenvalue weighted by Crippen LogP contribution is 2.20. The van der Waals surface area contributed by atoms with E-state index in [-0.39, 0.29) is 21.8 Å². The van der Waals surface area contributed by atoms with Crippen LogP contribution in [0.3, 0.4) is 0 Å². The van der Waals surface area contributed by atoms with Crippen LogP contribution in [0.2, 0.25) is 0 Å². The topological polar surface area (TPSA) is 72.1 Å². The molecule has 3 aromatic rings. The van der Waals surface area contributed by atoms with E-state index in [9.17, 15) is 23.6 Å². The molecule has 32 heavy (non-hydrogen) atoms. The van der Waals surface area contributed by atoms with Crippen LogP contribution in [0.5, 0.6) is 5.75 Å². The predicted octanol–water partition coefficient (Wildman–Crippen LogP) is 3.62. The first kappa shape index (κ1) is 23.1. The van der Waals surface area contributed by atoms with Crippen LogP contribution in [-0.4, -0.2) is 17.0 Å². The minimum atomic E-state index is -2.93. The monoisotopic (exact) mass is 454 g/mol. The lowest BCUT2D eigenvalue weighted by Gasteiger charge is -2.15. The number of halogens is 2. The molecule has 5 nitrogen and oxygen atoms in total. The smallest absolute Gasteiger partial charge is 0.387 e. The van der Waals surface area contributed by atoms with Crippen molar-refractivity contribution in [3.63, 3.8) is 0 Å². The van der Waals surface area contributed by atoms with Gasteiger partial charge in [0.25, 0.3) is 5.56 Å². The van der Waals surface area contributed by atoms with Crippen molar-refractivity contribution in [2.24, 2.45) is 5.41 Å². The number of thiazole rings is 1. The summed E-state index contributed by atoms with van der Waals surface area (Å²) in [6.07, 6.45) is 1.58. The number of ketones is 1. The molecule has 1 heterocycles. The van der Waals surface area contributed by atoms with Crippen LogP contribution in [-0.2, 0) is 4.79 Å². The largest absolute Gasteiger partial charge is 0.435 e. The van der Waals surface area contributed by atoms with Gasteiger partial charge in [0.1, 0.15) is 22.1 Å². The maximum atomic E-state index is 13.3. The van der Waals surface area contributed by atoms with Gasteiger partial charge < -0.3 is 4.74 Å². The zero-order chi connectivity index (χ0) is 23.5. The van der Waals surface area contributed by atoms with Crippen molar-refractivity contribution in [2.75, 3.05) is 0 Å². The Labute approximate surface area is 187 Å². The zero-order valence-corrected chi connectivity index (χ0v) is 18.5. The van der Waals surface area contributed by atoms with Crippen molar-refractivity contribution >= 4 is 28.8 Å². The molecule has 0 saturated heterocycles. The second-order valence-electron chi connectivity index (χ2n) is 7.91. The van der Waals surface area contributed by atoms with E-state index in [1.165, 1.54) is 16.7 Å². The van der Waals surface area contributed by atoms with E-state index in [1.54, 1.807) is 69.3 Å². The van der Waals surface area contributed by atoms with E-state index in [0.29, 0.717) is 15.8 Å². The van der Waals surface area contributed by atoms with Crippen LogP contribution in [0.1, 0.15) is 26.3 Å². The van der Waals surface area contributed by atoms with Crippen molar-refractivity contribution in [1.82, 2.24) is 4.57 Å². The third-order valence-corrected chi connectivity index (χ3v) is 5.57. The summed E-state index contributed by atoms with van der Waals surface area (Å²) >= 11 is 1.03. The number of hydrogen-bond donors (Lipinski definition) is 0. The number of aromatic nitrogens is 1. The van der Waals surface area contributed by atoms with E-state index in [4.69, 9.17) is 0 Å². The molecule has 0 fully saturated rings.